The third kappa shape index (κ3) is 3.18. The van der Waals surface area contributed by atoms with Gasteiger partial charge < -0.3 is 15.0 Å². The molecular weight excluding hydrogens is 192 g/mol. The van der Waals surface area contributed by atoms with Gasteiger partial charge in [-0.05, 0) is 38.8 Å². The Labute approximate surface area is 91.0 Å². The van der Waals surface area contributed by atoms with Crippen LogP contribution in [0.5, 0.6) is 0 Å². The second kappa shape index (κ2) is 4.94. The first-order valence-corrected chi connectivity index (χ1v) is 5.86. The summed E-state index contributed by atoms with van der Waals surface area (Å²) in [5, 5.41) is 3.35. The number of esters is 1. The smallest absolute Gasteiger partial charge is 0.324 e. The first kappa shape index (κ1) is 10.9. The Bertz CT molecular complexity index is 223. The van der Waals surface area contributed by atoms with Crippen LogP contribution in [0.3, 0.4) is 0 Å². The molecule has 4 heteroatoms. The molecule has 86 valence electrons. The van der Waals surface area contributed by atoms with Gasteiger partial charge in [0.25, 0.3) is 0 Å². The van der Waals surface area contributed by atoms with Crippen molar-refractivity contribution in [2.75, 3.05) is 26.7 Å². The standard InChI is InChI=1S/C11H20N2O2/c1-15-11(14)10(12-9-4-5-9)8-13-6-2-3-7-13/h9-10,12H,2-8H2,1H3. The molecule has 2 fully saturated rings. The molecule has 1 saturated heterocycles. The lowest BCUT2D eigenvalue weighted by molar-refractivity contribution is -0.143. The van der Waals surface area contributed by atoms with Gasteiger partial charge in [0.15, 0.2) is 0 Å². The monoisotopic (exact) mass is 212 g/mol. The van der Waals surface area contributed by atoms with E-state index in [1.165, 1.54) is 32.8 Å². The van der Waals surface area contributed by atoms with Crippen LogP contribution >= 0.6 is 0 Å². The van der Waals surface area contributed by atoms with Gasteiger partial charge in [0.1, 0.15) is 6.04 Å². The normalized spacial score (nSPS) is 24.1. The molecule has 0 aromatic rings. The van der Waals surface area contributed by atoms with Crippen molar-refractivity contribution in [1.82, 2.24) is 10.2 Å². The molecule has 0 bridgehead atoms. The van der Waals surface area contributed by atoms with E-state index in [0.717, 1.165) is 19.6 Å². The maximum absolute atomic E-state index is 11.6. The van der Waals surface area contributed by atoms with Crippen molar-refractivity contribution in [3.63, 3.8) is 0 Å². The number of hydrogen-bond acceptors (Lipinski definition) is 4. The Morgan fingerprint density at radius 3 is 2.67 bits per heavy atom. The number of rotatable bonds is 5. The molecule has 2 aliphatic rings. The van der Waals surface area contributed by atoms with E-state index in [-0.39, 0.29) is 12.0 Å². The Kier molecular flexibility index (Phi) is 3.59. The fraction of sp³-hybridized carbons (Fsp3) is 0.909. The number of carbonyl (C=O) groups excluding carboxylic acids is 1. The van der Waals surface area contributed by atoms with Crippen molar-refractivity contribution in [3.8, 4) is 0 Å². The van der Waals surface area contributed by atoms with Crippen LogP contribution in [0.1, 0.15) is 25.7 Å². The molecule has 1 N–H and O–H groups in total. The molecule has 1 aliphatic heterocycles. The van der Waals surface area contributed by atoms with Crippen molar-refractivity contribution in [1.29, 1.82) is 0 Å². The number of carbonyl (C=O) groups is 1. The average molecular weight is 212 g/mol. The van der Waals surface area contributed by atoms with E-state index in [1.54, 1.807) is 0 Å². The Hall–Kier alpha value is -0.610. The van der Waals surface area contributed by atoms with Gasteiger partial charge in [-0.25, -0.2) is 0 Å². The lowest BCUT2D eigenvalue weighted by Gasteiger charge is -2.22. The molecule has 4 nitrogen and oxygen atoms in total. The maximum Gasteiger partial charge on any atom is 0.324 e. The van der Waals surface area contributed by atoms with Gasteiger partial charge in [-0.15, -0.1) is 0 Å². The average Bonchev–Trinajstić information content (AvgIpc) is 2.91. The summed E-state index contributed by atoms with van der Waals surface area (Å²) in [5.41, 5.74) is 0. The summed E-state index contributed by atoms with van der Waals surface area (Å²) in [6, 6.07) is 0.428. The minimum Gasteiger partial charge on any atom is -0.468 e. The lowest BCUT2D eigenvalue weighted by Crippen LogP contribution is -2.46. The van der Waals surface area contributed by atoms with Crippen LogP contribution < -0.4 is 5.32 Å². The van der Waals surface area contributed by atoms with Gasteiger partial charge in [0.05, 0.1) is 7.11 Å². The van der Waals surface area contributed by atoms with Gasteiger partial charge in [-0.2, -0.15) is 0 Å². The zero-order chi connectivity index (χ0) is 10.7. The summed E-state index contributed by atoms with van der Waals surface area (Å²) in [7, 11) is 1.47. The zero-order valence-corrected chi connectivity index (χ0v) is 9.37. The predicted octanol–water partition coefficient (Wildman–Crippen LogP) is 0.376. The topological polar surface area (TPSA) is 41.6 Å². The summed E-state index contributed by atoms with van der Waals surface area (Å²) < 4.78 is 4.82. The van der Waals surface area contributed by atoms with Crippen LogP contribution in [0.2, 0.25) is 0 Å². The van der Waals surface area contributed by atoms with Crippen LogP contribution in [-0.2, 0) is 9.53 Å². The van der Waals surface area contributed by atoms with Crippen LogP contribution in [0, 0.1) is 0 Å². The number of nitrogens with zero attached hydrogens (tertiary/aromatic N) is 1. The predicted molar refractivity (Wildman–Crippen MR) is 57.6 cm³/mol. The van der Waals surface area contributed by atoms with E-state index in [9.17, 15) is 4.79 Å². The largest absolute Gasteiger partial charge is 0.468 e. The first-order chi connectivity index (χ1) is 7.29. The fourth-order valence-electron chi connectivity index (χ4n) is 2.10. The van der Waals surface area contributed by atoms with Crippen molar-refractivity contribution in [2.45, 2.75) is 37.8 Å². The molecule has 0 spiro atoms. The molecule has 2 rings (SSSR count). The molecule has 1 saturated carbocycles. The minimum absolute atomic E-state index is 0.117. The number of likely N-dealkylation sites (tertiary alicyclic amines) is 1. The van der Waals surface area contributed by atoms with Crippen LogP contribution in [0.15, 0.2) is 0 Å². The van der Waals surface area contributed by atoms with E-state index < -0.39 is 0 Å². The third-order valence-electron chi connectivity index (χ3n) is 3.14. The number of hydrogen-bond donors (Lipinski definition) is 1. The van der Waals surface area contributed by atoms with E-state index in [0.29, 0.717) is 6.04 Å². The Balaban J connectivity index is 1.82. The minimum atomic E-state index is -0.124. The van der Waals surface area contributed by atoms with Gasteiger partial charge in [-0.3, -0.25) is 4.79 Å². The molecule has 0 amide bonds. The van der Waals surface area contributed by atoms with Crippen molar-refractivity contribution in [2.24, 2.45) is 0 Å². The van der Waals surface area contributed by atoms with Crippen molar-refractivity contribution >= 4 is 5.97 Å². The summed E-state index contributed by atoms with van der Waals surface area (Å²) in [5.74, 6) is -0.117. The zero-order valence-electron chi connectivity index (χ0n) is 9.37. The molecule has 0 aromatic heterocycles. The fourth-order valence-corrected chi connectivity index (χ4v) is 2.10. The van der Waals surface area contributed by atoms with Crippen LogP contribution in [0.4, 0.5) is 0 Å². The SMILES string of the molecule is COC(=O)C(CN1CCCC1)NC1CC1. The van der Waals surface area contributed by atoms with Gasteiger partial charge in [-0.1, -0.05) is 0 Å². The molecule has 0 radical (unpaired) electrons. The molecule has 0 aromatic carbocycles. The summed E-state index contributed by atoms with van der Waals surface area (Å²) in [6.45, 7) is 3.06. The highest BCUT2D eigenvalue weighted by molar-refractivity contribution is 5.76. The van der Waals surface area contributed by atoms with Crippen LogP contribution in [-0.4, -0.2) is 49.7 Å². The molecule has 15 heavy (non-hydrogen) atoms. The highest BCUT2D eigenvalue weighted by Crippen LogP contribution is 2.20. The van der Waals surface area contributed by atoms with E-state index in [4.69, 9.17) is 4.74 Å². The van der Waals surface area contributed by atoms with E-state index >= 15 is 0 Å². The first-order valence-electron chi connectivity index (χ1n) is 5.86. The molecule has 1 atom stereocenters. The molecular formula is C11H20N2O2. The lowest BCUT2D eigenvalue weighted by atomic mass is 10.2. The molecule has 1 unspecified atom stereocenters. The third-order valence-corrected chi connectivity index (χ3v) is 3.14. The second-order valence-corrected chi connectivity index (χ2v) is 4.52. The van der Waals surface area contributed by atoms with Gasteiger partial charge in [0.2, 0.25) is 0 Å². The van der Waals surface area contributed by atoms with Crippen molar-refractivity contribution in [3.05, 3.63) is 0 Å². The van der Waals surface area contributed by atoms with Crippen molar-refractivity contribution < 1.29 is 9.53 Å². The molecule has 1 heterocycles. The summed E-state index contributed by atoms with van der Waals surface area (Å²) in [4.78, 5) is 13.9. The van der Waals surface area contributed by atoms with E-state index in [2.05, 4.69) is 10.2 Å². The summed E-state index contributed by atoms with van der Waals surface area (Å²) in [6.07, 6.45) is 4.93. The van der Waals surface area contributed by atoms with Gasteiger partial charge in [0, 0.05) is 12.6 Å². The van der Waals surface area contributed by atoms with Gasteiger partial charge >= 0.3 is 5.97 Å². The Morgan fingerprint density at radius 1 is 1.47 bits per heavy atom. The highest BCUT2D eigenvalue weighted by Gasteiger charge is 2.30. The highest BCUT2D eigenvalue weighted by atomic mass is 16.5. The number of nitrogens with one attached hydrogen (secondary N) is 1. The maximum atomic E-state index is 11.6. The quantitative estimate of drug-likeness (QED) is 0.669. The number of ether oxygens (including phenoxy) is 1. The Morgan fingerprint density at radius 2 is 2.13 bits per heavy atom. The number of methoxy groups -OCH3 is 1. The van der Waals surface area contributed by atoms with Crippen LogP contribution in [0.25, 0.3) is 0 Å². The summed E-state index contributed by atoms with van der Waals surface area (Å²) >= 11 is 0. The van der Waals surface area contributed by atoms with E-state index in [1.807, 2.05) is 0 Å². The molecule has 1 aliphatic carbocycles. The second-order valence-electron chi connectivity index (χ2n) is 4.52.